The Kier molecular flexibility index (Phi) is 3.74. The molecule has 0 aliphatic heterocycles. The van der Waals surface area contributed by atoms with Crippen molar-refractivity contribution in [2.24, 2.45) is 0 Å². The maximum Gasteiger partial charge on any atom is 0.145 e. The number of hydrogen-bond acceptors (Lipinski definition) is 3. The topological polar surface area (TPSA) is 48.1 Å². The van der Waals surface area contributed by atoms with E-state index in [0.717, 1.165) is 20.9 Å². The highest BCUT2D eigenvalue weighted by Gasteiger charge is 2.17. The summed E-state index contributed by atoms with van der Waals surface area (Å²) in [5.41, 5.74) is 8.89. The monoisotopic (exact) mass is 362 g/mol. The normalized spacial score (nSPS) is 10.8. The van der Waals surface area contributed by atoms with Crippen LogP contribution in [0.4, 0.5) is 5.69 Å². The van der Waals surface area contributed by atoms with Gasteiger partial charge in [-0.25, -0.2) is 4.98 Å². The minimum absolute atomic E-state index is 0.479. The van der Waals surface area contributed by atoms with Crippen LogP contribution >= 0.6 is 27.5 Å². The fourth-order valence-corrected chi connectivity index (χ4v) is 2.93. The van der Waals surface area contributed by atoms with Crippen LogP contribution in [0.3, 0.4) is 0 Å². The van der Waals surface area contributed by atoms with Crippen molar-refractivity contribution < 1.29 is 4.74 Å². The third-order valence-corrected chi connectivity index (χ3v) is 4.28. The van der Waals surface area contributed by atoms with Gasteiger partial charge in [0.2, 0.25) is 0 Å². The Labute approximate surface area is 135 Å². The van der Waals surface area contributed by atoms with Crippen molar-refractivity contribution in [3.63, 3.8) is 0 Å². The predicted molar refractivity (Wildman–Crippen MR) is 90.9 cm³/mol. The molecule has 0 aliphatic carbocycles. The summed E-state index contributed by atoms with van der Waals surface area (Å²) in [5, 5.41) is 1.50. The van der Waals surface area contributed by atoms with E-state index in [0.29, 0.717) is 22.2 Å². The molecule has 0 spiro atoms. The van der Waals surface area contributed by atoms with Crippen LogP contribution in [0, 0.1) is 0 Å². The van der Waals surface area contributed by atoms with Gasteiger partial charge in [0.05, 0.1) is 23.3 Å². The molecule has 0 radical (unpaired) electrons. The van der Waals surface area contributed by atoms with Crippen LogP contribution in [-0.4, -0.2) is 12.1 Å². The Morgan fingerprint density at radius 3 is 2.71 bits per heavy atom. The zero-order valence-corrected chi connectivity index (χ0v) is 13.6. The van der Waals surface area contributed by atoms with E-state index >= 15 is 0 Å². The average molecular weight is 364 g/mol. The third-order valence-electron chi connectivity index (χ3n) is 3.29. The van der Waals surface area contributed by atoms with Gasteiger partial charge < -0.3 is 10.5 Å². The van der Waals surface area contributed by atoms with Gasteiger partial charge in [0.1, 0.15) is 11.4 Å². The largest absolute Gasteiger partial charge is 0.494 e. The fourth-order valence-electron chi connectivity index (χ4n) is 2.24. The van der Waals surface area contributed by atoms with Crippen molar-refractivity contribution >= 4 is 44.1 Å². The van der Waals surface area contributed by atoms with Crippen molar-refractivity contribution in [3.05, 3.63) is 52.0 Å². The molecule has 3 rings (SSSR count). The van der Waals surface area contributed by atoms with Crippen molar-refractivity contribution in [2.75, 3.05) is 12.8 Å². The second-order valence-corrected chi connectivity index (χ2v) is 5.81. The van der Waals surface area contributed by atoms with Gasteiger partial charge in [-0.1, -0.05) is 45.7 Å². The van der Waals surface area contributed by atoms with E-state index in [-0.39, 0.29) is 0 Å². The molecule has 0 saturated carbocycles. The maximum atomic E-state index is 6.14. The number of anilines is 1. The molecule has 106 valence electrons. The molecule has 3 nitrogen and oxygen atoms in total. The van der Waals surface area contributed by atoms with Crippen LogP contribution < -0.4 is 10.5 Å². The molecule has 21 heavy (non-hydrogen) atoms. The van der Waals surface area contributed by atoms with Gasteiger partial charge in [-0.2, -0.15) is 0 Å². The first-order chi connectivity index (χ1) is 10.1. The molecule has 1 heterocycles. The number of fused-ring (bicyclic) bond motifs is 1. The third kappa shape index (κ3) is 2.45. The van der Waals surface area contributed by atoms with Crippen molar-refractivity contribution in [1.82, 2.24) is 4.98 Å². The first-order valence-corrected chi connectivity index (χ1v) is 7.46. The number of ether oxygens (including phenoxy) is 1. The number of hydrogen-bond donors (Lipinski definition) is 1. The number of para-hydroxylation sites is 1. The van der Waals surface area contributed by atoms with Crippen molar-refractivity contribution in [1.29, 1.82) is 0 Å². The van der Waals surface area contributed by atoms with E-state index in [4.69, 9.17) is 22.1 Å². The van der Waals surface area contributed by atoms with Crippen LogP contribution in [-0.2, 0) is 0 Å². The summed E-state index contributed by atoms with van der Waals surface area (Å²) >= 11 is 9.65. The summed E-state index contributed by atoms with van der Waals surface area (Å²) in [6, 6.07) is 13.4. The Bertz CT molecular complexity index is 836. The lowest BCUT2D eigenvalue weighted by Gasteiger charge is -2.14. The number of methoxy groups -OCH3 is 1. The maximum absolute atomic E-state index is 6.14. The number of halogens is 2. The number of benzene rings is 2. The number of nitrogen functional groups attached to an aromatic ring is 1. The van der Waals surface area contributed by atoms with Crippen LogP contribution in [0.15, 0.2) is 46.9 Å². The standard InChI is InChI=1S/C16H12BrClN2O/c1-21-13-8-9-4-2-3-5-12(9)20-16(13)14-10(17)6-7-11(18)15(14)19/h2-8H,19H2,1H3. The van der Waals surface area contributed by atoms with Crippen LogP contribution in [0.1, 0.15) is 0 Å². The summed E-state index contributed by atoms with van der Waals surface area (Å²) in [6.07, 6.45) is 0. The summed E-state index contributed by atoms with van der Waals surface area (Å²) < 4.78 is 6.30. The second-order valence-electron chi connectivity index (χ2n) is 4.55. The number of pyridine rings is 1. The average Bonchev–Trinajstić information content (AvgIpc) is 2.50. The molecule has 0 saturated heterocycles. The molecule has 0 bridgehead atoms. The minimum atomic E-state index is 0.479. The first-order valence-electron chi connectivity index (χ1n) is 6.29. The van der Waals surface area contributed by atoms with Gasteiger partial charge in [0, 0.05) is 15.4 Å². The lowest BCUT2D eigenvalue weighted by molar-refractivity contribution is 0.415. The number of rotatable bonds is 2. The second kappa shape index (κ2) is 5.54. The van der Waals surface area contributed by atoms with Gasteiger partial charge in [-0.05, 0) is 24.3 Å². The van der Waals surface area contributed by atoms with E-state index < -0.39 is 0 Å². The van der Waals surface area contributed by atoms with E-state index in [2.05, 4.69) is 20.9 Å². The number of nitrogens with zero attached hydrogens (tertiary/aromatic N) is 1. The van der Waals surface area contributed by atoms with Gasteiger partial charge in [0.15, 0.2) is 0 Å². The Morgan fingerprint density at radius 1 is 1.19 bits per heavy atom. The minimum Gasteiger partial charge on any atom is -0.494 e. The van der Waals surface area contributed by atoms with Gasteiger partial charge in [-0.15, -0.1) is 0 Å². The molecule has 0 fully saturated rings. The molecule has 3 aromatic rings. The quantitative estimate of drug-likeness (QED) is 0.658. The zero-order valence-electron chi connectivity index (χ0n) is 11.2. The lowest BCUT2D eigenvalue weighted by Crippen LogP contribution is -1.98. The highest BCUT2D eigenvalue weighted by atomic mass is 79.9. The smallest absolute Gasteiger partial charge is 0.145 e. The zero-order chi connectivity index (χ0) is 15.0. The highest BCUT2D eigenvalue weighted by Crippen LogP contribution is 2.41. The van der Waals surface area contributed by atoms with Crippen LogP contribution in [0.2, 0.25) is 5.02 Å². The summed E-state index contributed by atoms with van der Waals surface area (Å²) in [5.74, 6) is 0.656. The van der Waals surface area contributed by atoms with E-state index in [1.807, 2.05) is 36.4 Å². The van der Waals surface area contributed by atoms with Crippen LogP contribution in [0.25, 0.3) is 22.2 Å². The molecule has 2 N–H and O–H groups in total. The molecular weight excluding hydrogens is 352 g/mol. The fraction of sp³-hybridized carbons (Fsp3) is 0.0625. The SMILES string of the molecule is COc1cc2ccccc2nc1-c1c(Br)ccc(Cl)c1N. The molecule has 0 amide bonds. The lowest BCUT2D eigenvalue weighted by atomic mass is 10.1. The van der Waals surface area contributed by atoms with Crippen molar-refractivity contribution in [2.45, 2.75) is 0 Å². The predicted octanol–water partition coefficient (Wildman–Crippen LogP) is 4.91. The molecule has 0 aliphatic rings. The van der Waals surface area contributed by atoms with Crippen LogP contribution in [0.5, 0.6) is 5.75 Å². The highest BCUT2D eigenvalue weighted by molar-refractivity contribution is 9.10. The van der Waals surface area contributed by atoms with Gasteiger partial charge in [-0.3, -0.25) is 0 Å². The molecule has 1 aromatic heterocycles. The van der Waals surface area contributed by atoms with E-state index in [1.165, 1.54) is 0 Å². The summed E-state index contributed by atoms with van der Waals surface area (Å²) in [7, 11) is 1.62. The van der Waals surface area contributed by atoms with Crippen molar-refractivity contribution in [3.8, 4) is 17.0 Å². The molecular formula is C16H12BrClN2O. The van der Waals surface area contributed by atoms with Gasteiger partial charge >= 0.3 is 0 Å². The molecule has 5 heteroatoms. The molecule has 0 unspecified atom stereocenters. The Morgan fingerprint density at radius 2 is 1.95 bits per heavy atom. The molecule has 0 atom stereocenters. The number of nitrogens with two attached hydrogens (primary N) is 1. The summed E-state index contributed by atoms with van der Waals surface area (Å²) in [4.78, 5) is 4.69. The van der Waals surface area contributed by atoms with E-state index in [9.17, 15) is 0 Å². The Balaban J connectivity index is 2.36. The Hall–Kier alpha value is -1.78. The van der Waals surface area contributed by atoms with E-state index in [1.54, 1.807) is 13.2 Å². The van der Waals surface area contributed by atoms with Gasteiger partial charge in [0.25, 0.3) is 0 Å². The molecule has 2 aromatic carbocycles. The first kappa shape index (κ1) is 14.2. The number of aromatic nitrogens is 1. The summed E-state index contributed by atoms with van der Waals surface area (Å²) in [6.45, 7) is 0.